The third kappa shape index (κ3) is 2.06. The van der Waals surface area contributed by atoms with E-state index >= 15 is 0 Å². The van der Waals surface area contributed by atoms with Crippen LogP contribution in [0.15, 0.2) is 12.1 Å². The summed E-state index contributed by atoms with van der Waals surface area (Å²) in [5.41, 5.74) is 5.94. The fourth-order valence-corrected chi connectivity index (χ4v) is 3.21. The molecule has 1 heterocycles. The summed E-state index contributed by atoms with van der Waals surface area (Å²) in [6, 6.07) is 1.59. The van der Waals surface area contributed by atoms with Gasteiger partial charge in [-0.25, -0.2) is 13.2 Å². The van der Waals surface area contributed by atoms with Gasteiger partial charge in [0.25, 0.3) is 0 Å². The predicted octanol–water partition coefficient (Wildman–Crippen LogP) is 3.00. The Kier molecular flexibility index (Phi) is 3.44. The van der Waals surface area contributed by atoms with Crippen molar-refractivity contribution in [3.05, 3.63) is 35.1 Å². The summed E-state index contributed by atoms with van der Waals surface area (Å²) in [7, 11) is 0. The minimum atomic E-state index is -1.43. The average molecular weight is 247 g/mol. The van der Waals surface area contributed by atoms with Crippen LogP contribution in [-0.4, -0.2) is 11.0 Å². The largest absolute Gasteiger partial charge is 0.323 e. The fourth-order valence-electron chi connectivity index (χ4n) is 1.88. The Bertz CT molecular complexity index is 391. The van der Waals surface area contributed by atoms with E-state index in [4.69, 9.17) is 5.73 Å². The van der Waals surface area contributed by atoms with Crippen LogP contribution in [0.1, 0.15) is 24.4 Å². The van der Waals surface area contributed by atoms with Gasteiger partial charge in [-0.1, -0.05) is 6.07 Å². The van der Waals surface area contributed by atoms with Gasteiger partial charge in [-0.3, -0.25) is 0 Å². The standard InChI is InChI=1S/C11H12F3NS/c12-7-4-3-6(9(13)10(7)14)11(15)8-2-1-5-16-8/h3-4,8,11H,1-2,5,15H2. The Balaban J connectivity index is 2.29. The number of halogens is 3. The van der Waals surface area contributed by atoms with Gasteiger partial charge in [-0.2, -0.15) is 11.8 Å². The van der Waals surface area contributed by atoms with E-state index in [1.807, 2.05) is 0 Å². The van der Waals surface area contributed by atoms with Crippen LogP contribution in [0, 0.1) is 17.5 Å². The number of rotatable bonds is 2. The summed E-state index contributed by atoms with van der Waals surface area (Å²) >= 11 is 1.66. The van der Waals surface area contributed by atoms with Gasteiger partial charge in [0.15, 0.2) is 17.5 Å². The molecule has 1 aromatic rings. The number of hydrogen-bond donors (Lipinski definition) is 1. The van der Waals surface area contributed by atoms with Crippen molar-refractivity contribution < 1.29 is 13.2 Å². The van der Waals surface area contributed by atoms with Gasteiger partial charge in [0.05, 0.1) is 0 Å². The normalized spacial score (nSPS) is 22.4. The Morgan fingerprint density at radius 3 is 2.62 bits per heavy atom. The SMILES string of the molecule is NC(c1ccc(F)c(F)c1F)C1CCCS1. The molecule has 88 valence electrons. The number of benzene rings is 1. The molecule has 0 amide bonds. The zero-order chi connectivity index (χ0) is 11.7. The lowest BCUT2D eigenvalue weighted by atomic mass is 10.0. The topological polar surface area (TPSA) is 26.0 Å². The zero-order valence-corrected chi connectivity index (χ0v) is 9.37. The second-order valence-corrected chi connectivity index (χ2v) is 5.19. The lowest BCUT2D eigenvalue weighted by Gasteiger charge is -2.19. The molecule has 2 N–H and O–H groups in total. The van der Waals surface area contributed by atoms with E-state index in [0.29, 0.717) is 0 Å². The number of thioether (sulfide) groups is 1. The van der Waals surface area contributed by atoms with Crippen molar-refractivity contribution in [3.8, 4) is 0 Å². The van der Waals surface area contributed by atoms with Crippen LogP contribution in [0.5, 0.6) is 0 Å². The summed E-state index contributed by atoms with van der Waals surface area (Å²) in [6.07, 6.45) is 1.93. The predicted molar refractivity (Wildman–Crippen MR) is 58.7 cm³/mol. The Labute approximate surface area is 96.2 Å². The highest BCUT2D eigenvalue weighted by atomic mass is 32.2. The van der Waals surface area contributed by atoms with Crippen LogP contribution >= 0.6 is 11.8 Å². The maximum Gasteiger partial charge on any atom is 0.194 e. The summed E-state index contributed by atoms with van der Waals surface area (Å²) in [5, 5.41) is 0.0966. The smallest absolute Gasteiger partial charge is 0.194 e. The zero-order valence-electron chi connectivity index (χ0n) is 8.55. The maximum atomic E-state index is 13.5. The summed E-state index contributed by atoms with van der Waals surface area (Å²) in [5.74, 6) is -2.77. The van der Waals surface area contributed by atoms with E-state index < -0.39 is 23.5 Å². The van der Waals surface area contributed by atoms with Gasteiger partial charge in [-0.05, 0) is 24.7 Å². The highest BCUT2D eigenvalue weighted by Gasteiger charge is 2.27. The lowest BCUT2D eigenvalue weighted by Crippen LogP contribution is -2.23. The Morgan fingerprint density at radius 2 is 2.00 bits per heavy atom. The van der Waals surface area contributed by atoms with Crippen molar-refractivity contribution in [2.45, 2.75) is 24.1 Å². The van der Waals surface area contributed by atoms with Gasteiger partial charge in [0, 0.05) is 16.9 Å². The molecule has 0 spiro atoms. The van der Waals surface area contributed by atoms with E-state index in [1.54, 1.807) is 11.8 Å². The first kappa shape index (κ1) is 11.8. The molecule has 1 saturated heterocycles. The molecule has 1 aliphatic heterocycles. The second kappa shape index (κ2) is 4.67. The molecule has 0 aromatic heterocycles. The van der Waals surface area contributed by atoms with E-state index in [1.165, 1.54) is 6.07 Å². The molecule has 16 heavy (non-hydrogen) atoms. The number of nitrogens with two attached hydrogens (primary N) is 1. The average Bonchev–Trinajstić information content (AvgIpc) is 2.79. The Morgan fingerprint density at radius 1 is 1.25 bits per heavy atom. The lowest BCUT2D eigenvalue weighted by molar-refractivity contribution is 0.433. The molecular weight excluding hydrogens is 235 g/mol. The molecule has 1 fully saturated rings. The van der Waals surface area contributed by atoms with Crippen LogP contribution in [0.25, 0.3) is 0 Å². The third-order valence-electron chi connectivity index (χ3n) is 2.79. The van der Waals surface area contributed by atoms with Crippen molar-refractivity contribution in [1.82, 2.24) is 0 Å². The van der Waals surface area contributed by atoms with Gasteiger partial charge in [0.1, 0.15) is 0 Å². The maximum absolute atomic E-state index is 13.5. The van der Waals surface area contributed by atoms with Crippen LogP contribution in [-0.2, 0) is 0 Å². The van der Waals surface area contributed by atoms with Gasteiger partial charge in [0.2, 0.25) is 0 Å². The van der Waals surface area contributed by atoms with Crippen molar-refractivity contribution in [2.75, 3.05) is 5.75 Å². The summed E-state index contributed by atoms with van der Waals surface area (Å²) < 4.78 is 39.2. The van der Waals surface area contributed by atoms with Crippen LogP contribution in [0.3, 0.4) is 0 Å². The van der Waals surface area contributed by atoms with E-state index in [0.717, 1.165) is 24.7 Å². The minimum absolute atomic E-state index is 0.0679. The quantitative estimate of drug-likeness (QED) is 0.813. The summed E-state index contributed by atoms with van der Waals surface area (Å²) in [6.45, 7) is 0. The van der Waals surface area contributed by atoms with Crippen molar-refractivity contribution >= 4 is 11.8 Å². The Hall–Kier alpha value is -0.680. The van der Waals surface area contributed by atoms with E-state index in [2.05, 4.69) is 0 Å². The molecule has 0 radical (unpaired) electrons. The van der Waals surface area contributed by atoms with Crippen LogP contribution in [0.4, 0.5) is 13.2 Å². The van der Waals surface area contributed by atoms with Crippen molar-refractivity contribution in [2.24, 2.45) is 5.73 Å². The molecule has 0 saturated carbocycles. The molecule has 2 atom stereocenters. The highest BCUT2D eigenvalue weighted by Crippen LogP contribution is 2.35. The first-order chi connectivity index (χ1) is 7.61. The van der Waals surface area contributed by atoms with Crippen molar-refractivity contribution in [3.63, 3.8) is 0 Å². The highest BCUT2D eigenvalue weighted by molar-refractivity contribution is 8.00. The van der Waals surface area contributed by atoms with Gasteiger partial charge < -0.3 is 5.73 Å². The monoisotopic (exact) mass is 247 g/mol. The molecule has 1 aromatic carbocycles. The fraction of sp³-hybridized carbons (Fsp3) is 0.455. The molecule has 1 nitrogen and oxygen atoms in total. The van der Waals surface area contributed by atoms with Gasteiger partial charge in [-0.15, -0.1) is 0 Å². The molecule has 2 unspecified atom stereocenters. The van der Waals surface area contributed by atoms with E-state index in [9.17, 15) is 13.2 Å². The third-order valence-corrected chi connectivity index (χ3v) is 4.27. The first-order valence-corrected chi connectivity index (χ1v) is 6.16. The molecule has 0 bridgehead atoms. The van der Waals surface area contributed by atoms with Crippen LogP contribution < -0.4 is 5.73 Å². The molecule has 5 heteroatoms. The second-order valence-electron chi connectivity index (χ2n) is 3.84. The minimum Gasteiger partial charge on any atom is -0.323 e. The molecule has 0 aliphatic carbocycles. The van der Waals surface area contributed by atoms with E-state index in [-0.39, 0.29) is 10.8 Å². The van der Waals surface area contributed by atoms with Crippen LogP contribution in [0.2, 0.25) is 0 Å². The molecule has 1 aliphatic rings. The molecule has 2 rings (SSSR count). The molecular formula is C11H12F3NS. The van der Waals surface area contributed by atoms with Crippen molar-refractivity contribution in [1.29, 1.82) is 0 Å². The number of hydrogen-bond acceptors (Lipinski definition) is 2. The summed E-state index contributed by atoms with van der Waals surface area (Å²) in [4.78, 5) is 0. The first-order valence-electron chi connectivity index (χ1n) is 5.12. The van der Waals surface area contributed by atoms with Gasteiger partial charge >= 0.3 is 0 Å².